The summed E-state index contributed by atoms with van der Waals surface area (Å²) < 4.78 is 110. The molecule has 2 heterocycles. The Morgan fingerprint density at radius 3 is 2.47 bits per heavy atom. The Labute approximate surface area is 263 Å². The standard InChI is InChI=1S/C29H30F7N5O6/c1-17-24(45-16-19-10-11-37-14-22(19)30)39-40(21-6-4-3-5-7-21)25(17)41(47-26(42)28(31,32)33)27(43)38-13-20-12-18(15-44-2)8-9-23(20)46-29(34,35)36/h3-9,12,19,22,37H,10-11,13-16H2,1-2H3,(H,38,43)/t19-,22-/m1/s1. The van der Waals surface area contributed by atoms with Gasteiger partial charge in [-0.25, -0.2) is 18.7 Å². The fourth-order valence-corrected chi connectivity index (χ4v) is 4.65. The van der Waals surface area contributed by atoms with Gasteiger partial charge in [0.05, 0.1) is 24.5 Å². The summed E-state index contributed by atoms with van der Waals surface area (Å²) in [4.78, 5) is 30.1. The summed E-state index contributed by atoms with van der Waals surface area (Å²) in [6.45, 7) is 1.03. The quantitative estimate of drug-likeness (QED) is 0.220. The maximum atomic E-state index is 14.4. The van der Waals surface area contributed by atoms with Crippen molar-refractivity contribution in [3.05, 3.63) is 65.2 Å². The number of hydrogen-bond acceptors (Lipinski definition) is 8. The minimum atomic E-state index is -5.56. The molecule has 0 saturated carbocycles. The summed E-state index contributed by atoms with van der Waals surface area (Å²) in [5.74, 6) is -4.74. The number of piperidine rings is 1. The van der Waals surface area contributed by atoms with E-state index in [9.17, 15) is 40.3 Å². The molecule has 0 unspecified atom stereocenters. The topological polar surface area (TPSA) is 116 Å². The first-order chi connectivity index (χ1) is 22.2. The summed E-state index contributed by atoms with van der Waals surface area (Å²) in [5.41, 5.74) is 0.272. The Morgan fingerprint density at radius 1 is 1.11 bits per heavy atom. The minimum Gasteiger partial charge on any atom is -0.476 e. The Morgan fingerprint density at radius 2 is 1.83 bits per heavy atom. The van der Waals surface area contributed by atoms with Crippen LogP contribution in [0.25, 0.3) is 5.69 Å². The highest BCUT2D eigenvalue weighted by molar-refractivity contribution is 5.93. The molecule has 0 radical (unpaired) electrons. The van der Waals surface area contributed by atoms with Crippen LogP contribution in [0.4, 0.5) is 41.3 Å². The zero-order chi connectivity index (χ0) is 34.4. The molecule has 47 heavy (non-hydrogen) atoms. The average molecular weight is 678 g/mol. The van der Waals surface area contributed by atoms with Crippen molar-refractivity contribution in [2.24, 2.45) is 5.92 Å². The number of halogens is 7. The number of alkyl halides is 7. The molecule has 0 bridgehead atoms. The first-order valence-corrected chi connectivity index (χ1v) is 14.0. The van der Waals surface area contributed by atoms with E-state index in [2.05, 4.69) is 25.3 Å². The second kappa shape index (κ2) is 14.9. The largest absolute Gasteiger partial charge is 0.573 e. The van der Waals surface area contributed by atoms with Crippen LogP contribution in [0.2, 0.25) is 0 Å². The number of anilines is 1. The van der Waals surface area contributed by atoms with Crippen molar-refractivity contribution in [3.8, 4) is 17.3 Å². The van der Waals surface area contributed by atoms with E-state index in [0.717, 1.165) is 10.7 Å². The van der Waals surface area contributed by atoms with Crippen LogP contribution in [0.3, 0.4) is 0 Å². The van der Waals surface area contributed by atoms with Gasteiger partial charge in [0.1, 0.15) is 11.9 Å². The molecule has 1 aliphatic heterocycles. The molecule has 2 amide bonds. The molecule has 256 valence electrons. The maximum Gasteiger partial charge on any atom is 0.573 e. The lowest BCUT2D eigenvalue weighted by atomic mass is 9.97. The smallest absolute Gasteiger partial charge is 0.476 e. The van der Waals surface area contributed by atoms with E-state index in [0.29, 0.717) is 18.5 Å². The van der Waals surface area contributed by atoms with E-state index in [1.54, 1.807) is 18.2 Å². The number of rotatable bonds is 10. The predicted octanol–water partition coefficient (Wildman–Crippen LogP) is 5.29. The van der Waals surface area contributed by atoms with Gasteiger partial charge in [0, 0.05) is 31.7 Å². The third-order valence-electron chi connectivity index (χ3n) is 6.90. The van der Waals surface area contributed by atoms with Crippen LogP contribution < -0.4 is 25.2 Å². The van der Waals surface area contributed by atoms with Crippen LogP contribution >= 0.6 is 0 Å². The van der Waals surface area contributed by atoms with Gasteiger partial charge in [-0.3, -0.25) is 0 Å². The maximum absolute atomic E-state index is 14.4. The van der Waals surface area contributed by atoms with Gasteiger partial charge in [-0.2, -0.15) is 13.2 Å². The molecule has 0 aliphatic carbocycles. The number of nitrogens with zero attached hydrogens (tertiary/aromatic N) is 3. The first kappa shape index (κ1) is 35.3. The summed E-state index contributed by atoms with van der Waals surface area (Å²) in [6, 6.07) is 9.69. The third-order valence-corrected chi connectivity index (χ3v) is 6.90. The molecule has 18 heteroatoms. The van der Waals surface area contributed by atoms with Gasteiger partial charge in [-0.05, 0) is 49.7 Å². The van der Waals surface area contributed by atoms with E-state index in [1.807, 2.05) is 0 Å². The highest BCUT2D eigenvalue weighted by Gasteiger charge is 2.45. The number of benzene rings is 2. The number of carbonyl (C=O) groups is 2. The Hall–Kier alpha value is -4.58. The predicted molar refractivity (Wildman–Crippen MR) is 150 cm³/mol. The zero-order valence-corrected chi connectivity index (χ0v) is 25.0. The number of ether oxygens (including phenoxy) is 3. The van der Waals surface area contributed by atoms with Crippen LogP contribution in [0.1, 0.15) is 23.1 Å². The summed E-state index contributed by atoms with van der Waals surface area (Å²) in [6.07, 6.45) is -11.5. The van der Waals surface area contributed by atoms with E-state index in [4.69, 9.17) is 9.47 Å². The third kappa shape index (κ3) is 9.25. The fraction of sp³-hybridized carbons (Fsp3) is 0.414. The van der Waals surface area contributed by atoms with E-state index in [-0.39, 0.29) is 47.5 Å². The van der Waals surface area contributed by atoms with Gasteiger partial charge in [-0.15, -0.1) is 23.3 Å². The van der Waals surface area contributed by atoms with Gasteiger partial charge >= 0.3 is 24.5 Å². The van der Waals surface area contributed by atoms with Gasteiger partial charge in [0.25, 0.3) is 0 Å². The number of methoxy groups -OCH3 is 1. The molecule has 1 aliphatic rings. The number of hydroxylamine groups is 1. The second-order valence-electron chi connectivity index (χ2n) is 10.3. The lowest BCUT2D eigenvalue weighted by Gasteiger charge is -2.26. The van der Waals surface area contributed by atoms with Gasteiger partial charge in [0.2, 0.25) is 5.88 Å². The number of aromatic nitrogens is 2. The molecular formula is C29H30F7N5O6. The molecule has 2 aromatic carbocycles. The van der Waals surface area contributed by atoms with Crippen molar-refractivity contribution < 1.29 is 59.4 Å². The van der Waals surface area contributed by atoms with Crippen LogP contribution in [0, 0.1) is 12.8 Å². The monoisotopic (exact) mass is 677 g/mol. The van der Waals surface area contributed by atoms with Crippen molar-refractivity contribution in [2.75, 3.05) is 31.9 Å². The van der Waals surface area contributed by atoms with Crippen molar-refractivity contribution >= 4 is 17.8 Å². The molecule has 4 rings (SSSR count). The van der Waals surface area contributed by atoms with Crippen LogP contribution in [-0.4, -0.2) is 67.3 Å². The number of hydrogen-bond donors (Lipinski definition) is 2. The Kier molecular flexibility index (Phi) is 11.2. The highest BCUT2D eigenvalue weighted by Crippen LogP contribution is 2.34. The fourth-order valence-electron chi connectivity index (χ4n) is 4.65. The summed E-state index contributed by atoms with van der Waals surface area (Å²) in [7, 11) is 1.34. The number of amides is 2. The summed E-state index contributed by atoms with van der Waals surface area (Å²) >= 11 is 0. The molecule has 11 nitrogen and oxygen atoms in total. The molecule has 1 fully saturated rings. The first-order valence-electron chi connectivity index (χ1n) is 14.0. The lowest BCUT2D eigenvalue weighted by molar-refractivity contribution is -0.274. The van der Waals surface area contributed by atoms with Crippen molar-refractivity contribution in [3.63, 3.8) is 0 Å². The van der Waals surface area contributed by atoms with Crippen LogP contribution in [0.5, 0.6) is 11.6 Å². The van der Waals surface area contributed by atoms with Gasteiger partial charge < -0.3 is 29.7 Å². The molecule has 0 spiro atoms. The van der Waals surface area contributed by atoms with Crippen LogP contribution in [-0.2, 0) is 27.5 Å². The average Bonchev–Trinajstić information content (AvgIpc) is 3.34. The zero-order valence-electron chi connectivity index (χ0n) is 25.0. The van der Waals surface area contributed by atoms with Crippen LogP contribution in [0.15, 0.2) is 48.5 Å². The second-order valence-corrected chi connectivity index (χ2v) is 10.3. The summed E-state index contributed by atoms with van der Waals surface area (Å²) in [5, 5.41) is 9.32. The van der Waals surface area contributed by atoms with Crippen molar-refractivity contribution in [1.29, 1.82) is 0 Å². The van der Waals surface area contributed by atoms with Gasteiger partial charge in [0.15, 0.2) is 5.82 Å². The highest BCUT2D eigenvalue weighted by atomic mass is 19.4. The number of para-hydroxylation sites is 1. The molecular weight excluding hydrogens is 647 g/mol. The Balaban J connectivity index is 1.72. The normalized spacial score (nSPS) is 16.8. The molecule has 1 aromatic heterocycles. The number of nitrogens with one attached hydrogen (secondary N) is 2. The lowest BCUT2D eigenvalue weighted by Crippen LogP contribution is -2.45. The minimum absolute atomic E-state index is 0.0240. The molecule has 2 N–H and O–H groups in total. The Bertz CT molecular complexity index is 1530. The molecule has 2 atom stereocenters. The van der Waals surface area contributed by atoms with E-state index >= 15 is 0 Å². The molecule has 3 aromatic rings. The SMILES string of the molecule is COCc1ccc(OC(F)(F)F)c(CNC(=O)N(OC(=O)C(F)(F)F)c2c(C)c(OC[C@H]3CCNC[C@H]3F)nn2-c2ccccc2)c1. The van der Waals surface area contributed by atoms with E-state index < -0.39 is 54.7 Å². The van der Waals surface area contributed by atoms with Crippen molar-refractivity contribution in [2.45, 2.75) is 45.2 Å². The molecule has 1 saturated heterocycles. The van der Waals surface area contributed by atoms with Crippen molar-refractivity contribution in [1.82, 2.24) is 20.4 Å². The van der Waals surface area contributed by atoms with Gasteiger partial charge in [-0.1, -0.05) is 24.3 Å². The number of urea groups is 1. The van der Waals surface area contributed by atoms with E-state index in [1.165, 1.54) is 38.3 Å². The number of carbonyl (C=O) groups excluding carboxylic acids is 2.